The van der Waals surface area contributed by atoms with Gasteiger partial charge in [0.15, 0.2) is 0 Å². The Morgan fingerprint density at radius 1 is 1.21 bits per heavy atom. The van der Waals surface area contributed by atoms with E-state index in [1.165, 1.54) is 4.90 Å². The first-order valence-electron chi connectivity index (χ1n) is 8.48. The van der Waals surface area contributed by atoms with Crippen molar-refractivity contribution in [3.8, 4) is 0 Å². The molecule has 2 fully saturated rings. The van der Waals surface area contributed by atoms with Crippen LogP contribution in [0.5, 0.6) is 0 Å². The smallest absolute Gasteiger partial charge is 0.410 e. The molecule has 1 spiro atoms. The van der Waals surface area contributed by atoms with E-state index in [2.05, 4.69) is 0 Å². The Kier molecular flexibility index (Phi) is 5.38. The molecule has 0 bridgehead atoms. The first kappa shape index (κ1) is 17.2. The number of aliphatic hydroxyl groups is 2. The summed E-state index contributed by atoms with van der Waals surface area (Å²) in [5, 5.41) is 20.4. The van der Waals surface area contributed by atoms with E-state index in [1.807, 2.05) is 30.3 Å². The molecule has 0 aliphatic carbocycles. The molecule has 1 amide bonds. The monoisotopic (exact) mass is 335 g/mol. The van der Waals surface area contributed by atoms with E-state index in [0.29, 0.717) is 26.2 Å². The Hall–Kier alpha value is -1.63. The van der Waals surface area contributed by atoms with Crippen LogP contribution >= 0.6 is 0 Å². The lowest BCUT2D eigenvalue weighted by atomic mass is 9.75. The second kappa shape index (κ2) is 7.51. The quantitative estimate of drug-likeness (QED) is 0.857. The number of nitrogens with zero attached hydrogens (tertiary/aromatic N) is 1. The highest BCUT2D eigenvalue weighted by Crippen LogP contribution is 2.39. The fraction of sp³-hybridized carbons (Fsp3) is 0.611. The molecule has 2 heterocycles. The summed E-state index contributed by atoms with van der Waals surface area (Å²) in [7, 11) is 0. The summed E-state index contributed by atoms with van der Waals surface area (Å²) in [5.41, 5.74) is 0.711. The van der Waals surface area contributed by atoms with Crippen molar-refractivity contribution < 1.29 is 24.5 Å². The number of ether oxygens (including phenoxy) is 2. The van der Waals surface area contributed by atoms with Crippen molar-refractivity contribution in [1.82, 2.24) is 4.90 Å². The summed E-state index contributed by atoms with van der Waals surface area (Å²) in [6, 6.07) is 9.49. The van der Waals surface area contributed by atoms with Gasteiger partial charge in [0.05, 0.1) is 18.8 Å². The first-order chi connectivity index (χ1) is 11.6. The average Bonchev–Trinajstić information content (AvgIpc) is 2.71. The third kappa shape index (κ3) is 4.06. The number of benzene rings is 1. The number of carbonyl (C=O) groups excluding carboxylic acids is 1. The normalized spacial score (nSPS) is 26.8. The van der Waals surface area contributed by atoms with Crippen molar-refractivity contribution in [3.63, 3.8) is 0 Å². The molecule has 0 aromatic heterocycles. The molecule has 24 heavy (non-hydrogen) atoms. The predicted molar refractivity (Wildman–Crippen MR) is 87.3 cm³/mol. The van der Waals surface area contributed by atoms with E-state index >= 15 is 0 Å². The molecule has 0 radical (unpaired) electrons. The summed E-state index contributed by atoms with van der Waals surface area (Å²) in [5.74, 6) is 0. The molecule has 1 aromatic rings. The maximum atomic E-state index is 12.5. The zero-order chi connectivity index (χ0) is 17.0. The molecular weight excluding hydrogens is 310 g/mol. The van der Waals surface area contributed by atoms with Gasteiger partial charge in [0.25, 0.3) is 0 Å². The average molecular weight is 335 g/mol. The van der Waals surface area contributed by atoms with Crippen LogP contribution in [0.25, 0.3) is 0 Å². The zero-order valence-electron chi connectivity index (χ0n) is 13.8. The Balaban J connectivity index is 1.66. The number of amides is 1. The van der Waals surface area contributed by atoms with Gasteiger partial charge in [0.2, 0.25) is 0 Å². The van der Waals surface area contributed by atoms with Crippen molar-refractivity contribution in [2.75, 3.05) is 26.3 Å². The number of carbonyl (C=O) groups is 1. The lowest BCUT2D eigenvalue weighted by molar-refractivity contribution is -0.0316. The van der Waals surface area contributed by atoms with Crippen LogP contribution in [0.4, 0.5) is 4.79 Å². The van der Waals surface area contributed by atoms with E-state index in [1.54, 1.807) is 0 Å². The fourth-order valence-corrected chi connectivity index (χ4v) is 3.58. The Morgan fingerprint density at radius 3 is 2.62 bits per heavy atom. The second-order valence-corrected chi connectivity index (χ2v) is 6.87. The maximum Gasteiger partial charge on any atom is 0.410 e. The van der Waals surface area contributed by atoms with Crippen LogP contribution in [0.1, 0.15) is 24.8 Å². The highest BCUT2D eigenvalue weighted by Gasteiger charge is 2.43. The summed E-state index contributed by atoms with van der Waals surface area (Å²) in [6.07, 6.45) is -0.178. The fourth-order valence-electron chi connectivity index (χ4n) is 3.58. The Labute approximate surface area is 142 Å². The minimum Gasteiger partial charge on any atom is -0.445 e. The van der Waals surface area contributed by atoms with Crippen molar-refractivity contribution in [2.45, 2.75) is 38.1 Å². The van der Waals surface area contributed by atoms with E-state index < -0.39 is 18.3 Å². The van der Waals surface area contributed by atoms with Gasteiger partial charge in [-0.2, -0.15) is 0 Å². The minimum absolute atomic E-state index is 0.0946. The van der Waals surface area contributed by atoms with Crippen LogP contribution in [0.3, 0.4) is 0 Å². The molecule has 2 N–H and O–H groups in total. The zero-order valence-corrected chi connectivity index (χ0v) is 13.8. The molecule has 2 aliphatic heterocycles. The number of hydrogen-bond acceptors (Lipinski definition) is 5. The van der Waals surface area contributed by atoms with Crippen molar-refractivity contribution in [3.05, 3.63) is 35.9 Å². The number of β-amino-alcohol motifs (C(OH)–C–C–N with tert-alkyl or cyclic N) is 1. The molecule has 0 saturated carbocycles. The van der Waals surface area contributed by atoms with Gasteiger partial charge in [-0.05, 0) is 30.2 Å². The lowest BCUT2D eigenvalue weighted by Gasteiger charge is -2.39. The molecule has 2 aliphatic rings. The van der Waals surface area contributed by atoms with E-state index in [4.69, 9.17) is 9.47 Å². The van der Waals surface area contributed by atoms with Gasteiger partial charge in [-0.1, -0.05) is 30.3 Å². The Morgan fingerprint density at radius 2 is 1.92 bits per heavy atom. The third-order valence-electron chi connectivity index (χ3n) is 5.04. The molecule has 0 unspecified atom stereocenters. The van der Waals surface area contributed by atoms with Gasteiger partial charge < -0.3 is 24.6 Å². The standard InChI is InChI=1S/C18H25NO5/c20-15-10-18(6-8-23-9-7-18)13-19(11-16(15)21)17(22)24-12-14-4-2-1-3-5-14/h1-5,15-16,20-21H,6-13H2/t15-,16+/m0/s1. The molecule has 2 atom stereocenters. The van der Waals surface area contributed by atoms with Crippen molar-refractivity contribution >= 4 is 6.09 Å². The Bertz CT molecular complexity index is 544. The maximum absolute atomic E-state index is 12.5. The number of aliphatic hydroxyl groups excluding tert-OH is 2. The van der Waals surface area contributed by atoms with Gasteiger partial charge in [-0.15, -0.1) is 0 Å². The summed E-state index contributed by atoms with van der Waals surface area (Å²) in [4.78, 5) is 14.0. The summed E-state index contributed by atoms with van der Waals surface area (Å²) >= 11 is 0. The molecule has 6 heteroatoms. The van der Waals surface area contributed by atoms with Crippen molar-refractivity contribution in [1.29, 1.82) is 0 Å². The van der Waals surface area contributed by atoms with Crippen LogP contribution in [-0.4, -0.2) is 59.7 Å². The number of hydrogen-bond donors (Lipinski definition) is 2. The molecule has 6 nitrogen and oxygen atoms in total. The first-order valence-corrected chi connectivity index (χ1v) is 8.48. The van der Waals surface area contributed by atoms with Gasteiger partial charge in [0, 0.05) is 19.8 Å². The van der Waals surface area contributed by atoms with Crippen LogP contribution in [0.2, 0.25) is 0 Å². The topological polar surface area (TPSA) is 79.2 Å². The highest BCUT2D eigenvalue weighted by molar-refractivity contribution is 5.67. The summed E-state index contributed by atoms with van der Waals surface area (Å²) in [6.45, 7) is 2.02. The predicted octanol–water partition coefficient (Wildman–Crippen LogP) is 1.55. The molecule has 1 aromatic carbocycles. The number of rotatable bonds is 2. The summed E-state index contributed by atoms with van der Waals surface area (Å²) < 4.78 is 10.8. The highest BCUT2D eigenvalue weighted by atomic mass is 16.6. The van der Waals surface area contributed by atoms with Crippen LogP contribution in [-0.2, 0) is 16.1 Å². The van der Waals surface area contributed by atoms with E-state index in [9.17, 15) is 15.0 Å². The van der Waals surface area contributed by atoms with E-state index in [-0.39, 0.29) is 18.6 Å². The molecule has 3 rings (SSSR count). The van der Waals surface area contributed by atoms with Crippen LogP contribution in [0.15, 0.2) is 30.3 Å². The molecule has 132 valence electrons. The van der Waals surface area contributed by atoms with Crippen LogP contribution in [0, 0.1) is 5.41 Å². The molecular formula is C18H25NO5. The SMILES string of the molecule is O=C(OCc1ccccc1)N1C[C@@H](O)[C@@H](O)CC2(CCOCC2)C1. The van der Waals surface area contributed by atoms with Crippen LogP contribution < -0.4 is 0 Å². The largest absolute Gasteiger partial charge is 0.445 e. The van der Waals surface area contributed by atoms with Gasteiger partial charge in [0.1, 0.15) is 6.61 Å². The van der Waals surface area contributed by atoms with E-state index in [0.717, 1.165) is 18.4 Å². The third-order valence-corrected chi connectivity index (χ3v) is 5.04. The van der Waals surface area contributed by atoms with Gasteiger partial charge in [-0.25, -0.2) is 4.79 Å². The second-order valence-electron chi connectivity index (χ2n) is 6.87. The minimum atomic E-state index is -0.948. The molecule has 2 saturated heterocycles. The number of likely N-dealkylation sites (tertiary alicyclic amines) is 1. The van der Waals surface area contributed by atoms with Gasteiger partial charge >= 0.3 is 6.09 Å². The van der Waals surface area contributed by atoms with Crippen molar-refractivity contribution in [2.24, 2.45) is 5.41 Å². The van der Waals surface area contributed by atoms with Gasteiger partial charge in [-0.3, -0.25) is 0 Å². The lowest BCUT2D eigenvalue weighted by Crippen LogP contribution is -2.44.